The predicted octanol–water partition coefficient (Wildman–Crippen LogP) is 4.25. The Balaban J connectivity index is 2.05. The van der Waals surface area contributed by atoms with E-state index in [1.165, 1.54) is 35.2 Å². The molecule has 6 heteroatoms. The smallest absolute Gasteiger partial charge is 0.237 e. The fourth-order valence-corrected chi connectivity index (χ4v) is 2.73. The molecule has 2 aromatic rings. The number of anilines is 1. The zero-order chi connectivity index (χ0) is 16.1. The highest BCUT2D eigenvalue weighted by Gasteiger charge is 2.15. The maximum absolute atomic E-state index is 13.5. The molecule has 1 amide bonds. The van der Waals surface area contributed by atoms with E-state index in [4.69, 9.17) is 0 Å². The van der Waals surface area contributed by atoms with Crippen LogP contribution in [0.25, 0.3) is 0 Å². The van der Waals surface area contributed by atoms with Crippen molar-refractivity contribution in [1.29, 1.82) is 0 Å². The second-order valence-electron chi connectivity index (χ2n) is 4.48. The quantitative estimate of drug-likeness (QED) is 0.766. The molecule has 0 spiro atoms. The van der Waals surface area contributed by atoms with Crippen LogP contribution in [0.3, 0.4) is 0 Å². The Labute approximate surface area is 130 Å². The van der Waals surface area contributed by atoms with Gasteiger partial charge in [0.15, 0.2) is 0 Å². The summed E-state index contributed by atoms with van der Waals surface area (Å²) in [5.74, 6) is -1.96. The maximum Gasteiger partial charge on any atom is 0.237 e. The van der Waals surface area contributed by atoms with Crippen LogP contribution in [0.2, 0.25) is 0 Å². The maximum atomic E-state index is 13.5. The standard InChI is InChI=1S/C16H14F3NOS/c1-2-20(13-6-3-11(17)4-7-13)16(21)10-22-15-8-5-12(18)9-14(15)19/h3-9H,2,10H2,1H3. The molecule has 2 nitrogen and oxygen atoms in total. The summed E-state index contributed by atoms with van der Waals surface area (Å²) in [5.41, 5.74) is 0.578. The number of carbonyl (C=O) groups excluding carboxylic acids is 1. The van der Waals surface area contributed by atoms with Gasteiger partial charge in [0.1, 0.15) is 17.5 Å². The van der Waals surface area contributed by atoms with Gasteiger partial charge in [0.05, 0.1) is 5.75 Å². The number of carbonyl (C=O) groups is 1. The van der Waals surface area contributed by atoms with Crippen molar-refractivity contribution < 1.29 is 18.0 Å². The minimum atomic E-state index is -0.692. The number of halogens is 3. The lowest BCUT2D eigenvalue weighted by Crippen LogP contribution is -2.32. The Kier molecular flexibility index (Phi) is 5.49. The Morgan fingerprint density at radius 1 is 1.05 bits per heavy atom. The normalized spacial score (nSPS) is 10.5. The zero-order valence-electron chi connectivity index (χ0n) is 11.9. The molecule has 2 aromatic carbocycles. The highest BCUT2D eigenvalue weighted by atomic mass is 32.2. The molecule has 0 heterocycles. The van der Waals surface area contributed by atoms with Crippen molar-refractivity contribution in [2.45, 2.75) is 11.8 Å². The summed E-state index contributed by atoms with van der Waals surface area (Å²) in [4.78, 5) is 13.9. The van der Waals surface area contributed by atoms with E-state index in [1.807, 2.05) is 0 Å². The molecule has 0 bridgehead atoms. The van der Waals surface area contributed by atoms with Crippen LogP contribution >= 0.6 is 11.8 Å². The molecule has 0 radical (unpaired) electrons. The van der Waals surface area contributed by atoms with Crippen molar-refractivity contribution >= 4 is 23.4 Å². The number of benzene rings is 2. The van der Waals surface area contributed by atoms with Crippen molar-refractivity contribution in [2.75, 3.05) is 17.2 Å². The molecule has 0 aliphatic heterocycles. The molecule has 0 aromatic heterocycles. The highest BCUT2D eigenvalue weighted by molar-refractivity contribution is 8.00. The number of thioether (sulfide) groups is 1. The summed E-state index contributed by atoms with van der Waals surface area (Å²) in [6.45, 7) is 2.21. The van der Waals surface area contributed by atoms with Crippen LogP contribution in [0.4, 0.5) is 18.9 Å². The van der Waals surface area contributed by atoms with Gasteiger partial charge in [-0.1, -0.05) is 0 Å². The van der Waals surface area contributed by atoms with E-state index in [0.717, 1.165) is 23.9 Å². The van der Waals surface area contributed by atoms with E-state index in [0.29, 0.717) is 12.2 Å². The Morgan fingerprint density at radius 3 is 2.27 bits per heavy atom. The minimum Gasteiger partial charge on any atom is -0.312 e. The third-order valence-corrected chi connectivity index (χ3v) is 4.03. The lowest BCUT2D eigenvalue weighted by molar-refractivity contribution is -0.116. The molecule has 0 N–H and O–H groups in total. The van der Waals surface area contributed by atoms with Crippen molar-refractivity contribution in [2.24, 2.45) is 0 Å². The number of rotatable bonds is 5. The molecule has 0 unspecified atom stereocenters. The average Bonchev–Trinajstić information content (AvgIpc) is 2.49. The van der Waals surface area contributed by atoms with Gasteiger partial charge in [0, 0.05) is 23.2 Å². The monoisotopic (exact) mass is 325 g/mol. The third-order valence-electron chi connectivity index (χ3n) is 3.00. The van der Waals surface area contributed by atoms with Gasteiger partial charge in [-0.15, -0.1) is 11.8 Å². The first-order valence-electron chi connectivity index (χ1n) is 6.65. The van der Waals surface area contributed by atoms with Gasteiger partial charge in [-0.05, 0) is 43.3 Å². The molecule has 0 saturated heterocycles. The number of amides is 1. The number of hydrogen-bond acceptors (Lipinski definition) is 2. The zero-order valence-corrected chi connectivity index (χ0v) is 12.7. The number of hydrogen-bond donors (Lipinski definition) is 0. The molecule has 0 fully saturated rings. The summed E-state index contributed by atoms with van der Waals surface area (Å²) in [6.07, 6.45) is 0. The first-order valence-corrected chi connectivity index (χ1v) is 7.63. The van der Waals surface area contributed by atoms with Gasteiger partial charge in [-0.25, -0.2) is 13.2 Å². The van der Waals surface area contributed by atoms with Crippen LogP contribution < -0.4 is 4.90 Å². The van der Waals surface area contributed by atoms with Gasteiger partial charge >= 0.3 is 0 Å². The summed E-state index contributed by atoms with van der Waals surface area (Å²) in [7, 11) is 0. The van der Waals surface area contributed by atoms with Crippen molar-refractivity contribution in [3.05, 3.63) is 59.9 Å². The fraction of sp³-hybridized carbons (Fsp3) is 0.188. The van der Waals surface area contributed by atoms with Gasteiger partial charge in [-0.2, -0.15) is 0 Å². The SMILES string of the molecule is CCN(C(=O)CSc1ccc(F)cc1F)c1ccc(F)cc1. The molecule has 0 saturated carbocycles. The largest absolute Gasteiger partial charge is 0.312 e. The van der Waals surface area contributed by atoms with E-state index in [1.54, 1.807) is 6.92 Å². The van der Waals surface area contributed by atoms with Crippen LogP contribution in [0.1, 0.15) is 6.92 Å². The van der Waals surface area contributed by atoms with E-state index in [2.05, 4.69) is 0 Å². The van der Waals surface area contributed by atoms with E-state index in [-0.39, 0.29) is 22.4 Å². The molecule has 2 rings (SSSR count). The van der Waals surface area contributed by atoms with Gasteiger partial charge < -0.3 is 4.90 Å². The Hall–Kier alpha value is -1.95. The molecule has 0 aliphatic carbocycles. The molecular formula is C16H14F3NOS. The first kappa shape index (κ1) is 16.4. The second-order valence-corrected chi connectivity index (χ2v) is 5.50. The highest BCUT2D eigenvalue weighted by Crippen LogP contribution is 2.24. The molecular weight excluding hydrogens is 311 g/mol. The van der Waals surface area contributed by atoms with Gasteiger partial charge in [0.2, 0.25) is 5.91 Å². The fourth-order valence-electron chi connectivity index (χ4n) is 1.93. The predicted molar refractivity (Wildman–Crippen MR) is 81.5 cm³/mol. The van der Waals surface area contributed by atoms with E-state index in [9.17, 15) is 18.0 Å². The Morgan fingerprint density at radius 2 is 1.68 bits per heavy atom. The van der Waals surface area contributed by atoms with Crippen molar-refractivity contribution in [1.82, 2.24) is 0 Å². The minimum absolute atomic E-state index is 0.00771. The number of nitrogens with zero attached hydrogens (tertiary/aromatic N) is 1. The molecule has 116 valence electrons. The van der Waals surface area contributed by atoms with Crippen molar-refractivity contribution in [3.63, 3.8) is 0 Å². The van der Waals surface area contributed by atoms with Gasteiger partial charge in [0.25, 0.3) is 0 Å². The van der Waals surface area contributed by atoms with Crippen LogP contribution in [0, 0.1) is 17.5 Å². The lowest BCUT2D eigenvalue weighted by atomic mass is 10.3. The Bertz CT molecular complexity index is 661. The van der Waals surface area contributed by atoms with Crippen LogP contribution in [0.15, 0.2) is 47.4 Å². The molecule has 0 atom stereocenters. The van der Waals surface area contributed by atoms with E-state index >= 15 is 0 Å². The van der Waals surface area contributed by atoms with Crippen LogP contribution in [-0.2, 0) is 4.79 Å². The topological polar surface area (TPSA) is 20.3 Å². The summed E-state index contributed by atoms with van der Waals surface area (Å²) < 4.78 is 39.3. The molecule has 0 aliphatic rings. The van der Waals surface area contributed by atoms with E-state index < -0.39 is 11.6 Å². The summed E-state index contributed by atoms with van der Waals surface area (Å²) in [5, 5.41) is 0. The third kappa shape index (κ3) is 4.04. The first-order chi connectivity index (χ1) is 10.5. The molecule has 22 heavy (non-hydrogen) atoms. The van der Waals surface area contributed by atoms with Crippen LogP contribution in [0.5, 0.6) is 0 Å². The second kappa shape index (κ2) is 7.35. The van der Waals surface area contributed by atoms with Crippen molar-refractivity contribution in [3.8, 4) is 0 Å². The summed E-state index contributed by atoms with van der Waals surface area (Å²) >= 11 is 0.998. The van der Waals surface area contributed by atoms with Gasteiger partial charge in [-0.3, -0.25) is 4.79 Å². The average molecular weight is 325 g/mol. The summed E-state index contributed by atoms with van der Waals surface area (Å²) in [6, 6.07) is 8.81. The lowest BCUT2D eigenvalue weighted by Gasteiger charge is -2.21. The van der Waals surface area contributed by atoms with Crippen LogP contribution in [-0.4, -0.2) is 18.2 Å².